The Bertz CT molecular complexity index is 387. The van der Waals surface area contributed by atoms with Crippen LogP contribution >= 0.6 is 0 Å². The van der Waals surface area contributed by atoms with E-state index in [-0.39, 0.29) is 5.78 Å². The van der Waals surface area contributed by atoms with Gasteiger partial charge in [0.25, 0.3) is 0 Å². The van der Waals surface area contributed by atoms with Gasteiger partial charge >= 0.3 is 0 Å². The molecule has 0 saturated carbocycles. The van der Waals surface area contributed by atoms with Crippen LogP contribution in [0.2, 0.25) is 0 Å². The SMILES string of the molecule is COCc1noc2c1C(=O)CC(CCN)C2. The van der Waals surface area contributed by atoms with Crippen LogP contribution in [0.15, 0.2) is 4.52 Å². The Morgan fingerprint density at radius 2 is 2.38 bits per heavy atom. The van der Waals surface area contributed by atoms with Crippen molar-refractivity contribution in [2.45, 2.75) is 25.9 Å². The van der Waals surface area contributed by atoms with Gasteiger partial charge in [-0.3, -0.25) is 4.79 Å². The van der Waals surface area contributed by atoms with Crippen LogP contribution in [0.1, 0.15) is 34.7 Å². The number of methoxy groups -OCH3 is 1. The molecular weight excluding hydrogens is 208 g/mol. The summed E-state index contributed by atoms with van der Waals surface area (Å²) in [4.78, 5) is 11.9. The molecule has 1 aliphatic rings. The van der Waals surface area contributed by atoms with Crippen LogP contribution in [0, 0.1) is 5.92 Å². The van der Waals surface area contributed by atoms with Gasteiger partial charge in [0.2, 0.25) is 0 Å². The number of fused-ring (bicyclic) bond motifs is 1. The molecule has 16 heavy (non-hydrogen) atoms. The highest BCUT2D eigenvalue weighted by Gasteiger charge is 2.31. The van der Waals surface area contributed by atoms with E-state index in [4.69, 9.17) is 15.0 Å². The fourth-order valence-corrected chi connectivity index (χ4v) is 2.19. The normalized spacial score (nSPS) is 19.9. The minimum atomic E-state index is 0.105. The Hall–Kier alpha value is -1.20. The monoisotopic (exact) mass is 224 g/mol. The second-order valence-electron chi connectivity index (χ2n) is 4.14. The first-order valence-electron chi connectivity index (χ1n) is 5.46. The molecule has 1 aliphatic carbocycles. The number of carbonyl (C=O) groups excluding carboxylic acids is 1. The summed E-state index contributed by atoms with van der Waals surface area (Å²) in [7, 11) is 1.58. The van der Waals surface area contributed by atoms with Crippen LogP contribution in [0.25, 0.3) is 0 Å². The second kappa shape index (κ2) is 4.76. The summed E-state index contributed by atoms with van der Waals surface area (Å²) in [6.07, 6.45) is 2.16. The van der Waals surface area contributed by atoms with Crippen LogP contribution in [0.3, 0.4) is 0 Å². The minimum absolute atomic E-state index is 0.105. The molecular formula is C11H16N2O3. The lowest BCUT2D eigenvalue weighted by Gasteiger charge is -2.18. The summed E-state index contributed by atoms with van der Waals surface area (Å²) >= 11 is 0. The van der Waals surface area contributed by atoms with E-state index in [1.165, 1.54) is 0 Å². The standard InChI is InChI=1S/C11H16N2O3/c1-15-6-8-11-9(14)4-7(2-3-12)5-10(11)16-13-8/h7H,2-6,12H2,1H3. The predicted molar refractivity (Wildman–Crippen MR) is 57.0 cm³/mol. The molecule has 88 valence electrons. The lowest BCUT2D eigenvalue weighted by molar-refractivity contribution is 0.0937. The lowest BCUT2D eigenvalue weighted by atomic mass is 9.84. The molecule has 1 aromatic heterocycles. The number of ketones is 1. The highest BCUT2D eigenvalue weighted by Crippen LogP contribution is 2.29. The van der Waals surface area contributed by atoms with Gasteiger partial charge < -0.3 is 15.0 Å². The first kappa shape index (κ1) is 11.3. The summed E-state index contributed by atoms with van der Waals surface area (Å²) in [5.74, 6) is 1.10. The van der Waals surface area contributed by atoms with Crippen LogP contribution < -0.4 is 5.73 Å². The van der Waals surface area contributed by atoms with Gasteiger partial charge in [0.1, 0.15) is 11.5 Å². The van der Waals surface area contributed by atoms with E-state index in [2.05, 4.69) is 5.16 Å². The summed E-state index contributed by atoms with van der Waals surface area (Å²) in [5.41, 5.74) is 6.75. The van der Waals surface area contributed by atoms with Crippen molar-refractivity contribution < 1.29 is 14.1 Å². The second-order valence-corrected chi connectivity index (χ2v) is 4.14. The summed E-state index contributed by atoms with van der Waals surface area (Å²) < 4.78 is 10.2. The number of Topliss-reactive ketones (excluding diaryl/α,β-unsaturated/α-hetero) is 1. The molecule has 1 aromatic rings. The van der Waals surface area contributed by atoms with Crippen LogP contribution in [-0.4, -0.2) is 24.6 Å². The highest BCUT2D eigenvalue weighted by molar-refractivity contribution is 5.99. The smallest absolute Gasteiger partial charge is 0.168 e. The molecule has 1 unspecified atom stereocenters. The van der Waals surface area contributed by atoms with Gasteiger partial charge in [-0.2, -0.15) is 0 Å². The Balaban J connectivity index is 2.22. The highest BCUT2D eigenvalue weighted by atomic mass is 16.5. The molecule has 0 radical (unpaired) electrons. The molecule has 0 bridgehead atoms. The van der Waals surface area contributed by atoms with Gasteiger partial charge in [0, 0.05) is 20.0 Å². The lowest BCUT2D eigenvalue weighted by Crippen LogP contribution is -2.22. The average Bonchev–Trinajstić information content (AvgIpc) is 2.63. The van der Waals surface area contributed by atoms with E-state index in [9.17, 15) is 4.79 Å². The molecule has 0 fully saturated rings. The predicted octanol–water partition coefficient (Wildman–Crippen LogP) is 0.915. The number of ether oxygens (including phenoxy) is 1. The van der Waals surface area contributed by atoms with E-state index in [1.54, 1.807) is 7.11 Å². The van der Waals surface area contributed by atoms with E-state index in [0.29, 0.717) is 42.5 Å². The van der Waals surface area contributed by atoms with Crippen LogP contribution in [0.4, 0.5) is 0 Å². The van der Waals surface area contributed by atoms with Crippen LogP contribution in [0.5, 0.6) is 0 Å². The summed E-state index contributed by atoms with van der Waals surface area (Å²) in [5, 5.41) is 3.88. The Morgan fingerprint density at radius 3 is 3.06 bits per heavy atom. The molecule has 0 saturated heterocycles. The minimum Gasteiger partial charge on any atom is -0.378 e. The maximum Gasteiger partial charge on any atom is 0.168 e. The largest absolute Gasteiger partial charge is 0.378 e. The molecule has 2 rings (SSSR count). The van der Waals surface area contributed by atoms with Crippen molar-refractivity contribution >= 4 is 5.78 Å². The zero-order chi connectivity index (χ0) is 11.5. The number of nitrogens with zero attached hydrogens (tertiary/aromatic N) is 1. The van der Waals surface area contributed by atoms with Gasteiger partial charge in [-0.15, -0.1) is 0 Å². The Kier molecular flexibility index (Phi) is 3.36. The van der Waals surface area contributed by atoms with E-state index in [0.717, 1.165) is 12.8 Å². The van der Waals surface area contributed by atoms with Gasteiger partial charge in [0.15, 0.2) is 5.78 Å². The molecule has 1 heterocycles. The van der Waals surface area contributed by atoms with Crippen molar-refractivity contribution in [3.63, 3.8) is 0 Å². The number of carbonyl (C=O) groups is 1. The molecule has 0 aliphatic heterocycles. The van der Waals surface area contributed by atoms with E-state index >= 15 is 0 Å². The zero-order valence-corrected chi connectivity index (χ0v) is 9.36. The quantitative estimate of drug-likeness (QED) is 0.822. The molecule has 5 nitrogen and oxygen atoms in total. The fourth-order valence-electron chi connectivity index (χ4n) is 2.19. The first-order chi connectivity index (χ1) is 7.76. The Morgan fingerprint density at radius 1 is 1.56 bits per heavy atom. The van der Waals surface area contributed by atoms with Crippen molar-refractivity contribution in [1.29, 1.82) is 0 Å². The van der Waals surface area contributed by atoms with Crippen molar-refractivity contribution in [2.24, 2.45) is 11.7 Å². The summed E-state index contributed by atoms with van der Waals surface area (Å²) in [6.45, 7) is 0.929. The van der Waals surface area contributed by atoms with Crippen molar-refractivity contribution in [3.05, 3.63) is 17.0 Å². The van der Waals surface area contributed by atoms with E-state index in [1.807, 2.05) is 0 Å². The number of nitrogens with two attached hydrogens (primary N) is 1. The Labute approximate surface area is 93.9 Å². The van der Waals surface area contributed by atoms with Gasteiger partial charge in [-0.1, -0.05) is 5.16 Å². The number of hydrogen-bond donors (Lipinski definition) is 1. The van der Waals surface area contributed by atoms with Gasteiger partial charge in [-0.05, 0) is 18.9 Å². The maximum absolute atomic E-state index is 11.9. The van der Waals surface area contributed by atoms with Crippen LogP contribution in [-0.2, 0) is 17.8 Å². The molecule has 2 N–H and O–H groups in total. The third kappa shape index (κ3) is 2.01. The number of rotatable bonds is 4. The van der Waals surface area contributed by atoms with Crippen molar-refractivity contribution in [2.75, 3.05) is 13.7 Å². The fraction of sp³-hybridized carbons (Fsp3) is 0.636. The first-order valence-corrected chi connectivity index (χ1v) is 5.46. The van der Waals surface area contributed by atoms with Gasteiger partial charge in [-0.25, -0.2) is 0 Å². The molecule has 0 spiro atoms. The molecule has 5 heteroatoms. The van der Waals surface area contributed by atoms with Crippen molar-refractivity contribution in [3.8, 4) is 0 Å². The maximum atomic E-state index is 11.9. The third-order valence-electron chi connectivity index (χ3n) is 2.92. The van der Waals surface area contributed by atoms with E-state index < -0.39 is 0 Å². The topological polar surface area (TPSA) is 78.4 Å². The molecule has 0 aromatic carbocycles. The number of hydrogen-bond acceptors (Lipinski definition) is 5. The zero-order valence-electron chi connectivity index (χ0n) is 9.36. The average molecular weight is 224 g/mol. The third-order valence-corrected chi connectivity index (χ3v) is 2.92. The molecule has 1 atom stereocenters. The van der Waals surface area contributed by atoms with Gasteiger partial charge in [0.05, 0.1) is 12.2 Å². The number of aromatic nitrogens is 1. The summed E-state index contributed by atoms with van der Waals surface area (Å²) in [6, 6.07) is 0. The van der Waals surface area contributed by atoms with Crippen molar-refractivity contribution in [1.82, 2.24) is 5.16 Å². The molecule has 0 amide bonds.